The molecule has 3 rings (SSSR count). The van der Waals surface area contributed by atoms with Crippen LogP contribution in [0.4, 0.5) is 0 Å². The molecular formula is C16H15NO3S. The van der Waals surface area contributed by atoms with Crippen LogP contribution in [0.3, 0.4) is 0 Å². The van der Waals surface area contributed by atoms with E-state index in [9.17, 15) is 8.42 Å². The molecule has 0 amide bonds. The van der Waals surface area contributed by atoms with Crippen molar-refractivity contribution in [2.24, 2.45) is 0 Å². The molecule has 21 heavy (non-hydrogen) atoms. The molecule has 0 bridgehead atoms. The summed E-state index contributed by atoms with van der Waals surface area (Å²) >= 11 is 0. The predicted octanol–water partition coefficient (Wildman–Crippen LogP) is 3.47. The zero-order chi connectivity index (χ0) is 14.9. The number of furan rings is 1. The lowest BCUT2D eigenvalue weighted by Gasteiger charge is -2.13. The Bertz CT molecular complexity index is 849. The van der Waals surface area contributed by atoms with Gasteiger partial charge < -0.3 is 4.42 Å². The average Bonchev–Trinajstić information content (AvgIpc) is 3.00. The first-order valence-electron chi connectivity index (χ1n) is 6.61. The molecule has 0 unspecified atom stereocenters. The Morgan fingerprint density at radius 2 is 1.76 bits per heavy atom. The maximum absolute atomic E-state index is 12.6. The SMILES string of the molecule is C[C@@H](NS(=O)(=O)c1cccc2ccccc12)c1ccco1. The van der Waals surface area contributed by atoms with Crippen LogP contribution in [0.1, 0.15) is 18.7 Å². The molecule has 3 aromatic rings. The van der Waals surface area contributed by atoms with Crippen molar-refractivity contribution in [2.45, 2.75) is 17.9 Å². The van der Waals surface area contributed by atoms with E-state index in [0.29, 0.717) is 11.1 Å². The molecule has 0 aliphatic heterocycles. The Hall–Kier alpha value is -2.11. The molecule has 1 aromatic heterocycles. The van der Waals surface area contributed by atoms with Crippen LogP contribution in [0.2, 0.25) is 0 Å². The van der Waals surface area contributed by atoms with E-state index in [2.05, 4.69) is 4.72 Å². The molecule has 2 aromatic carbocycles. The van der Waals surface area contributed by atoms with Crippen molar-refractivity contribution >= 4 is 20.8 Å². The Morgan fingerprint density at radius 3 is 2.52 bits per heavy atom. The number of benzene rings is 2. The largest absolute Gasteiger partial charge is 0.468 e. The van der Waals surface area contributed by atoms with Gasteiger partial charge in [-0.25, -0.2) is 13.1 Å². The molecule has 0 aliphatic rings. The normalized spacial score (nSPS) is 13.4. The fraction of sp³-hybridized carbons (Fsp3) is 0.125. The van der Waals surface area contributed by atoms with Gasteiger partial charge in [0.25, 0.3) is 0 Å². The summed E-state index contributed by atoms with van der Waals surface area (Å²) in [5.74, 6) is 0.582. The smallest absolute Gasteiger partial charge is 0.241 e. The van der Waals surface area contributed by atoms with E-state index >= 15 is 0 Å². The number of fused-ring (bicyclic) bond motifs is 1. The predicted molar refractivity (Wildman–Crippen MR) is 81.4 cm³/mol. The second kappa shape index (κ2) is 5.35. The molecule has 1 heterocycles. The summed E-state index contributed by atoms with van der Waals surface area (Å²) in [5, 5.41) is 1.60. The van der Waals surface area contributed by atoms with E-state index < -0.39 is 16.1 Å². The average molecular weight is 301 g/mol. The summed E-state index contributed by atoms with van der Waals surface area (Å²) in [4.78, 5) is 0.277. The van der Waals surface area contributed by atoms with Gasteiger partial charge in [0.05, 0.1) is 17.2 Å². The Morgan fingerprint density at radius 1 is 1.00 bits per heavy atom. The topological polar surface area (TPSA) is 59.3 Å². The van der Waals surface area contributed by atoms with Gasteiger partial charge >= 0.3 is 0 Å². The molecule has 0 aliphatic carbocycles. The minimum atomic E-state index is -3.62. The second-order valence-corrected chi connectivity index (χ2v) is 6.52. The van der Waals surface area contributed by atoms with Crippen LogP contribution < -0.4 is 4.72 Å². The van der Waals surface area contributed by atoms with E-state index in [1.54, 1.807) is 37.3 Å². The quantitative estimate of drug-likeness (QED) is 0.802. The summed E-state index contributed by atoms with van der Waals surface area (Å²) in [6.45, 7) is 1.75. The lowest BCUT2D eigenvalue weighted by Crippen LogP contribution is -2.26. The van der Waals surface area contributed by atoms with Crippen LogP contribution in [0, 0.1) is 0 Å². The first-order chi connectivity index (χ1) is 10.1. The molecule has 0 fully saturated rings. The maximum Gasteiger partial charge on any atom is 0.241 e. The molecule has 4 nitrogen and oxygen atoms in total. The summed E-state index contributed by atoms with van der Waals surface area (Å²) < 4.78 is 33.1. The highest BCUT2D eigenvalue weighted by Gasteiger charge is 2.21. The number of rotatable bonds is 4. The van der Waals surface area contributed by atoms with Crippen molar-refractivity contribution < 1.29 is 12.8 Å². The van der Waals surface area contributed by atoms with E-state index in [-0.39, 0.29) is 4.90 Å². The first kappa shape index (κ1) is 13.9. The van der Waals surface area contributed by atoms with Crippen molar-refractivity contribution in [1.82, 2.24) is 4.72 Å². The molecule has 0 radical (unpaired) electrons. The van der Waals surface area contributed by atoms with Crippen LogP contribution in [-0.4, -0.2) is 8.42 Å². The summed E-state index contributed by atoms with van der Waals surface area (Å²) in [7, 11) is -3.62. The number of nitrogens with one attached hydrogen (secondary N) is 1. The molecular weight excluding hydrogens is 286 g/mol. The van der Waals surface area contributed by atoms with E-state index in [0.717, 1.165) is 5.39 Å². The minimum Gasteiger partial charge on any atom is -0.468 e. The van der Waals surface area contributed by atoms with Gasteiger partial charge in [0.15, 0.2) is 0 Å². The van der Waals surface area contributed by atoms with E-state index in [1.165, 1.54) is 6.26 Å². The maximum atomic E-state index is 12.6. The van der Waals surface area contributed by atoms with Crippen molar-refractivity contribution in [3.05, 3.63) is 66.6 Å². The van der Waals surface area contributed by atoms with Gasteiger partial charge in [0, 0.05) is 5.39 Å². The lowest BCUT2D eigenvalue weighted by atomic mass is 10.1. The van der Waals surface area contributed by atoms with Gasteiger partial charge in [-0.3, -0.25) is 0 Å². The number of sulfonamides is 1. The summed E-state index contributed by atoms with van der Waals surface area (Å²) in [5.41, 5.74) is 0. The second-order valence-electron chi connectivity index (χ2n) is 4.84. The van der Waals surface area contributed by atoms with Crippen LogP contribution in [0.15, 0.2) is 70.2 Å². The van der Waals surface area contributed by atoms with Crippen molar-refractivity contribution in [3.63, 3.8) is 0 Å². The summed E-state index contributed by atoms with van der Waals surface area (Å²) in [6, 6.07) is 15.7. The molecule has 108 valence electrons. The first-order valence-corrected chi connectivity index (χ1v) is 8.10. The highest BCUT2D eigenvalue weighted by Crippen LogP contribution is 2.24. The molecule has 5 heteroatoms. The van der Waals surface area contributed by atoms with Crippen LogP contribution in [0.25, 0.3) is 10.8 Å². The molecule has 0 saturated carbocycles. The summed E-state index contributed by atoms with van der Waals surface area (Å²) in [6.07, 6.45) is 1.53. The zero-order valence-electron chi connectivity index (χ0n) is 11.5. The fourth-order valence-corrected chi connectivity index (χ4v) is 3.76. The number of hydrogen-bond donors (Lipinski definition) is 1. The highest BCUT2D eigenvalue weighted by atomic mass is 32.2. The van der Waals surface area contributed by atoms with Crippen LogP contribution >= 0.6 is 0 Å². The van der Waals surface area contributed by atoms with Gasteiger partial charge in [0.2, 0.25) is 10.0 Å². The Kier molecular flexibility index (Phi) is 3.53. The molecule has 1 N–H and O–H groups in total. The monoisotopic (exact) mass is 301 g/mol. The Balaban J connectivity index is 2.01. The third-order valence-corrected chi connectivity index (χ3v) is 4.94. The minimum absolute atomic E-state index is 0.277. The van der Waals surface area contributed by atoms with Gasteiger partial charge in [0.1, 0.15) is 5.76 Å². The molecule has 0 saturated heterocycles. The zero-order valence-corrected chi connectivity index (χ0v) is 12.3. The van der Waals surface area contributed by atoms with E-state index in [4.69, 9.17) is 4.42 Å². The molecule has 1 atom stereocenters. The number of hydrogen-bond acceptors (Lipinski definition) is 3. The van der Waals surface area contributed by atoms with Crippen molar-refractivity contribution in [1.29, 1.82) is 0 Å². The van der Waals surface area contributed by atoms with Crippen LogP contribution in [-0.2, 0) is 10.0 Å². The van der Waals surface area contributed by atoms with Gasteiger partial charge in [-0.05, 0) is 30.5 Å². The third-order valence-electron chi connectivity index (χ3n) is 3.34. The Labute approximate surface area is 123 Å². The van der Waals surface area contributed by atoms with Gasteiger partial charge in [-0.2, -0.15) is 0 Å². The van der Waals surface area contributed by atoms with Gasteiger partial charge in [-0.15, -0.1) is 0 Å². The van der Waals surface area contributed by atoms with Gasteiger partial charge in [-0.1, -0.05) is 36.4 Å². The van der Waals surface area contributed by atoms with Crippen molar-refractivity contribution in [2.75, 3.05) is 0 Å². The van der Waals surface area contributed by atoms with E-state index in [1.807, 2.05) is 24.3 Å². The highest BCUT2D eigenvalue weighted by molar-refractivity contribution is 7.89. The van der Waals surface area contributed by atoms with Crippen LogP contribution in [0.5, 0.6) is 0 Å². The third kappa shape index (κ3) is 2.70. The fourth-order valence-electron chi connectivity index (χ4n) is 2.32. The lowest BCUT2D eigenvalue weighted by molar-refractivity contribution is 0.459. The standard InChI is InChI=1S/C16H15NO3S/c1-12(15-9-5-11-20-15)17-21(18,19)16-10-4-7-13-6-2-3-8-14(13)16/h2-12,17H,1H3/t12-/m1/s1. The van der Waals surface area contributed by atoms with Crippen molar-refractivity contribution in [3.8, 4) is 0 Å². The molecule has 0 spiro atoms.